The Balaban J connectivity index is 2.05. The van der Waals surface area contributed by atoms with Gasteiger partial charge in [-0.1, -0.05) is 0 Å². The van der Waals surface area contributed by atoms with Crippen molar-refractivity contribution in [3.8, 4) is 5.75 Å². The van der Waals surface area contributed by atoms with Gasteiger partial charge in [-0.2, -0.15) is 5.10 Å². The van der Waals surface area contributed by atoms with Crippen molar-refractivity contribution in [2.75, 3.05) is 13.2 Å². The summed E-state index contributed by atoms with van der Waals surface area (Å²) in [4.78, 5) is 15.8. The molecule has 0 bridgehead atoms. The molecular weight excluding hydrogens is 244 g/mol. The van der Waals surface area contributed by atoms with Gasteiger partial charge in [0.25, 0.3) is 5.56 Å². The molecule has 2 N–H and O–H groups in total. The van der Waals surface area contributed by atoms with E-state index in [0.29, 0.717) is 25.4 Å². The van der Waals surface area contributed by atoms with Crippen LogP contribution in [0.5, 0.6) is 5.75 Å². The highest BCUT2D eigenvalue weighted by Crippen LogP contribution is 2.05. The summed E-state index contributed by atoms with van der Waals surface area (Å²) < 4.78 is 6.75. The number of rotatable bonds is 6. The Labute approximate surface area is 110 Å². The molecular formula is C13H16N4O2. The average molecular weight is 260 g/mol. The monoisotopic (exact) mass is 260 g/mol. The van der Waals surface area contributed by atoms with Crippen molar-refractivity contribution in [1.29, 1.82) is 0 Å². The summed E-state index contributed by atoms with van der Waals surface area (Å²) in [7, 11) is 0. The Hall–Kier alpha value is -2.21. The van der Waals surface area contributed by atoms with Crippen LogP contribution in [-0.2, 0) is 6.54 Å². The quantitative estimate of drug-likeness (QED) is 0.761. The van der Waals surface area contributed by atoms with Gasteiger partial charge in [0.1, 0.15) is 5.75 Å². The molecule has 0 aromatic carbocycles. The molecule has 0 unspecified atom stereocenters. The molecule has 0 aliphatic heterocycles. The van der Waals surface area contributed by atoms with Crippen LogP contribution in [0.25, 0.3) is 0 Å². The van der Waals surface area contributed by atoms with Crippen LogP contribution in [0, 0.1) is 0 Å². The molecule has 0 aliphatic rings. The van der Waals surface area contributed by atoms with E-state index in [9.17, 15) is 4.79 Å². The van der Waals surface area contributed by atoms with Gasteiger partial charge in [0.15, 0.2) is 0 Å². The molecule has 0 radical (unpaired) electrons. The highest BCUT2D eigenvalue weighted by molar-refractivity contribution is 5.15. The second kappa shape index (κ2) is 6.65. The Bertz CT molecular complexity index is 568. The third-order valence-corrected chi connectivity index (χ3v) is 2.54. The molecule has 2 aromatic heterocycles. The average Bonchev–Trinajstić information content (AvgIpc) is 2.43. The zero-order valence-corrected chi connectivity index (χ0v) is 10.5. The number of hydrogen-bond acceptors (Lipinski definition) is 5. The lowest BCUT2D eigenvalue weighted by Gasteiger charge is -2.07. The maximum atomic E-state index is 11.9. The van der Waals surface area contributed by atoms with Gasteiger partial charge in [0, 0.05) is 18.5 Å². The first-order chi connectivity index (χ1) is 9.29. The largest absolute Gasteiger partial charge is 0.492 e. The number of nitrogens with two attached hydrogens (primary N) is 1. The lowest BCUT2D eigenvalue weighted by Crippen LogP contribution is -2.22. The van der Waals surface area contributed by atoms with Gasteiger partial charge >= 0.3 is 0 Å². The first-order valence-electron chi connectivity index (χ1n) is 6.08. The van der Waals surface area contributed by atoms with Crippen molar-refractivity contribution in [1.82, 2.24) is 14.8 Å². The lowest BCUT2D eigenvalue weighted by molar-refractivity contribution is 0.309. The van der Waals surface area contributed by atoms with Crippen LogP contribution >= 0.6 is 0 Å². The summed E-state index contributed by atoms with van der Waals surface area (Å²) in [5, 5.41) is 4.08. The molecule has 2 aromatic rings. The normalized spacial score (nSPS) is 10.4. The molecule has 0 fully saturated rings. The van der Waals surface area contributed by atoms with E-state index in [1.54, 1.807) is 18.6 Å². The van der Waals surface area contributed by atoms with E-state index in [1.807, 2.05) is 12.1 Å². The molecule has 0 saturated heterocycles. The number of aromatic nitrogens is 3. The van der Waals surface area contributed by atoms with Crippen molar-refractivity contribution in [2.24, 2.45) is 5.73 Å². The van der Waals surface area contributed by atoms with Crippen molar-refractivity contribution in [3.05, 3.63) is 52.7 Å². The lowest BCUT2D eigenvalue weighted by atomic mass is 10.3. The molecule has 2 heterocycles. The van der Waals surface area contributed by atoms with Crippen LogP contribution in [0.15, 0.2) is 41.6 Å². The highest BCUT2D eigenvalue weighted by atomic mass is 16.5. The van der Waals surface area contributed by atoms with E-state index in [2.05, 4.69) is 10.1 Å². The van der Waals surface area contributed by atoms with Crippen molar-refractivity contribution >= 4 is 0 Å². The SMILES string of the molecule is NCCCOc1cnn(Cc2ccncc2)c(=O)c1. The first-order valence-corrected chi connectivity index (χ1v) is 6.08. The predicted octanol–water partition coefficient (Wildman–Crippen LogP) is 0.414. The van der Waals surface area contributed by atoms with Gasteiger partial charge in [-0.05, 0) is 30.7 Å². The summed E-state index contributed by atoms with van der Waals surface area (Å²) in [5.41, 5.74) is 6.15. The van der Waals surface area contributed by atoms with Crippen molar-refractivity contribution < 1.29 is 4.74 Å². The van der Waals surface area contributed by atoms with Gasteiger partial charge < -0.3 is 10.5 Å². The maximum Gasteiger partial charge on any atom is 0.270 e. The number of ether oxygens (including phenoxy) is 1. The van der Waals surface area contributed by atoms with E-state index < -0.39 is 0 Å². The summed E-state index contributed by atoms with van der Waals surface area (Å²) in [6.45, 7) is 1.48. The minimum atomic E-state index is -0.193. The summed E-state index contributed by atoms with van der Waals surface area (Å²) >= 11 is 0. The van der Waals surface area contributed by atoms with Gasteiger partial charge in [0.2, 0.25) is 0 Å². The molecule has 0 amide bonds. The Morgan fingerprint density at radius 3 is 2.79 bits per heavy atom. The maximum absolute atomic E-state index is 11.9. The van der Waals surface area contributed by atoms with E-state index in [1.165, 1.54) is 10.7 Å². The van der Waals surface area contributed by atoms with E-state index >= 15 is 0 Å². The fourth-order valence-electron chi connectivity index (χ4n) is 1.55. The third kappa shape index (κ3) is 3.89. The van der Waals surface area contributed by atoms with E-state index in [4.69, 9.17) is 10.5 Å². The van der Waals surface area contributed by atoms with Gasteiger partial charge in [-0.15, -0.1) is 0 Å². The topological polar surface area (TPSA) is 83.0 Å². The van der Waals surface area contributed by atoms with Gasteiger partial charge in [-0.3, -0.25) is 9.78 Å². The molecule has 2 rings (SSSR count). The molecule has 6 nitrogen and oxygen atoms in total. The highest BCUT2D eigenvalue weighted by Gasteiger charge is 2.02. The van der Waals surface area contributed by atoms with Crippen LogP contribution in [0.2, 0.25) is 0 Å². The Morgan fingerprint density at radius 1 is 1.32 bits per heavy atom. The van der Waals surface area contributed by atoms with Crippen LogP contribution in [0.4, 0.5) is 0 Å². The molecule has 100 valence electrons. The minimum absolute atomic E-state index is 0.193. The van der Waals surface area contributed by atoms with Crippen molar-refractivity contribution in [3.63, 3.8) is 0 Å². The van der Waals surface area contributed by atoms with Crippen LogP contribution in [0.3, 0.4) is 0 Å². The number of pyridine rings is 1. The van der Waals surface area contributed by atoms with E-state index in [-0.39, 0.29) is 5.56 Å². The van der Waals surface area contributed by atoms with Gasteiger partial charge in [0.05, 0.1) is 19.3 Å². The molecule has 6 heteroatoms. The zero-order valence-electron chi connectivity index (χ0n) is 10.5. The molecule has 19 heavy (non-hydrogen) atoms. The van der Waals surface area contributed by atoms with Gasteiger partial charge in [-0.25, -0.2) is 4.68 Å². The summed E-state index contributed by atoms with van der Waals surface area (Å²) in [6, 6.07) is 5.13. The predicted molar refractivity (Wildman–Crippen MR) is 71.0 cm³/mol. The molecule has 0 spiro atoms. The summed E-state index contributed by atoms with van der Waals surface area (Å²) in [6.07, 6.45) is 5.66. The van der Waals surface area contributed by atoms with Crippen molar-refractivity contribution in [2.45, 2.75) is 13.0 Å². The Morgan fingerprint density at radius 2 is 2.11 bits per heavy atom. The molecule has 0 saturated carbocycles. The van der Waals surface area contributed by atoms with Crippen LogP contribution in [0.1, 0.15) is 12.0 Å². The smallest absolute Gasteiger partial charge is 0.270 e. The molecule has 0 aliphatic carbocycles. The first kappa shape index (κ1) is 13.2. The third-order valence-electron chi connectivity index (χ3n) is 2.54. The van der Waals surface area contributed by atoms with Crippen LogP contribution < -0.4 is 16.0 Å². The fourth-order valence-corrected chi connectivity index (χ4v) is 1.55. The Kier molecular flexibility index (Phi) is 4.63. The van der Waals surface area contributed by atoms with E-state index in [0.717, 1.165) is 12.0 Å². The second-order valence-corrected chi connectivity index (χ2v) is 4.03. The van der Waals surface area contributed by atoms with Crippen LogP contribution in [-0.4, -0.2) is 27.9 Å². The number of nitrogens with zero attached hydrogens (tertiary/aromatic N) is 3. The zero-order chi connectivity index (χ0) is 13.5. The summed E-state index contributed by atoms with van der Waals surface area (Å²) in [5.74, 6) is 0.476. The standard InChI is InChI=1S/C13H16N4O2/c14-4-1-7-19-12-8-13(18)17(16-9-12)10-11-2-5-15-6-3-11/h2-3,5-6,8-9H,1,4,7,10,14H2. The molecule has 0 atom stereocenters. The number of hydrogen-bond donors (Lipinski definition) is 1. The minimum Gasteiger partial charge on any atom is -0.492 e. The fraction of sp³-hybridized carbons (Fsp3) is 0.308. The second-order valence-electron chi connectivity index (χ2n) is 4.03.